The van der Waals surface area contributed by atoms with E-state index in [-0.39, 0.29) is 30.1 Å². The van der Waals surface area contributed by atoms with Gasteiger partial charge in [0.1, 0.15) is 12.4 Å². The molecule has 29 heavy (non-hydrogen) atoms. The highest BCUT2D eigenvalue weighted by atomic mass is 19.1. The van der Waals surface area contributed by atoms with E-state index >= 15 is 0 Å². The summed E-state index contributed by atoms with van der Waals surface area (Å²) in [6.45, 7) is 7.76. The van der Waals surface area contributed by atoms with E-state index in [0.717, 1.165) is 18.5 Å². The molecule has 0 atom stereocenters. The van der Waals surface area contributed by atoms with E-state index in [2.05, 4.69) is 6.92 Å². The molecule has 1 aromatic heterocycles. The molecule has 0 aliphatic carbocycles. The quantitative estimate of drug-likeness (QED) is 0.602. The minimum absolute atomic E-state index is 0.0164. The summed E-state index contributed by atoms with van der Waals surface area (Å²) in [6.07, 6.45) is 3.86. The summed E-state index contributed by atoms with van der Waals surface area (Å²) in [5.41, 5.74) is 1.44. The molecule has 0 fully saturated rings. The number of aryl methyl sites for hydroxylation is 1. The van der Waals surface area contributed by atoms with Gasteiger partial charge in [0.2, 0.25) is 5.91 Å². The Bertz CT molecular complexity index is 799. The van der Waals surface area contributed by atoms with Gasteiger partial charge in [0.05, 0.1) is 6.54 Å². The van der Waals surface area contributed by atoms with Crippen LogP contribution in [0, 0.1) is 11.7 Å². The van der Waals surface area contributed by atoms with Crippen LogP contribution in [0.5, 0.6) is 0 Å². The van der Waals surface area contributed by atoms with Crippen molar-refractivity contribution in [2.75, 3.05) is 19.6 Å². The van der Waals surface area contributed by atoms with Crippen LogP contribution in [0.3, 0.4) is 0 Å². The fourth-order valence-corrected chi connectivity index (χ4v) is 3.20. The molecule has 0 radical (unpaired) electrons. The van der Waals surface area contributed by atoms with Crippen molar-refractivity contribution in [3.63, 3.8) is 0 Å². The predicted octanol–water partition coefficient (Wildman–Crippen LogP) is 4.09. The Kier molecular flexibility index (Phi) is 8.43. The second kappa shape index (κ2) is 10.8. The summed E-state index contributed by atoms with van der Waals surface area (Å²) >= 11 is 0. The normalized spacial score (nSPS) is 11.0. The third-order valence-corrected chi connectivity index (χ3v) is 4.83. The summed E-state index contributed by atoms with van der Waals surface area (Å²) < 4.78 is 15.2. The number of hydrogen-bond donors (Lipinski definition) is 0. The SMILES string of the molecule is CCCCN(Cc1cccn1C)C(=O)CN(CC(C)C)C(=O)c1ccc(F)cc1. The first kappa shape index (κ1) is 22.7. The molecule has 0 aliphatic heterocycles. The van der Waals surface area contributed by atoms with E-state index in [1.807, 2.05) is 48.7 Å². The van der Waals surface area contributed by atoms with Gasteiger partial charge in [0.15, 0.2) is 0 Å². The van der Waals surface area contributed by atoms with Crippen molar-refractivity contribution in [2.24, 2.45) is 13.0 Å². The van der Waals surface area contributed by atoms with Crippen molar-refractivity contribution in [1.29, 1.82) is 0 Å². The fraction of sp³-hybridized carbons (Fsp3) is 0.478. The van der Waals surface area contributed by atoms with Crippen LogP contribution >= 0.6 is 0 Å². The number of benzene rings is 1. The van der Waals surface area contributed by atoms with Crippen molar-refractivity contribution >= 4 is 11.8 Å². The van der Waals surface area contributed by atoms with Gasteiger partial charge < -0.3 is 14.4 Å². The van der Waals surface area contributed by atoms with Gasteiger partial charge in [0.25, 0.3) is 5.91 Å². The third-order valence-electron chi connectivity index (χ3n) is 4.83. The molecule has 1 heterocycles. The summed E-state index contributed by atoms with van der Waals surface area (Å²) in [4.78, 5) is 29.5. The minimum Gasteiger partial charge on any atom is -0.353 e. The van der Waals surface area contributed by atoms with E-state index < -0.39 is 0 Å². The van der Waals surface area contributed by atoms with Crippen molar-refractivity contribution < 1.29 is 14.0 Å². The molecule has 0 bridgehead atoms. The Balaban J connectivity index is 2.17. The van der Waals surface area contributed by atoms with Crippen LogP contribution in [0.1, 0.15) is 49.7 Å². The Morgan fingerprint density at radius 3 is 2.34 bits per heavy atom. The molecule has 1 aromatic carbocycles. The highest BCUT2D eigenvalue weighted by Crippen LogP contribution is 2.12. The van der Waals surface area contributed by atoms with E-state index in [1.54, 1.807) is 4.90 Å². The number of carbonyl (C=O) groups excluding carboxylic acids is 2. The van der Waals surface area contributed by atoms with Crippen LogP contribution in [-0.2, 0) is 18.4 Å². The van der Waals surface area contributed by atoms with Gasteiger partial charge >= 0.3 is 0 Å². The van der Waals surface area contributed by atoms with Crippen LogP contribution in [0.25, 0.3) is 0 Å². The number of aromatic nitrogens is 1. The molecule has 6 heteroatoms. The highest BCUT2D eigenvalue weighted by Gasteiger charge is 2.23. The number of amides is 2. The molecular weight excluding hydrogens is 369 g/mol. The Morgan fingerprint density at radius 1 is 1.10 bits per heavy atom. The molecule has 0 unspecified atom stereocenters. The van der Waals surface area contributed by atoms with Gasteiger partial charge in [-0.25, -0.2) is 4.39 Å². The Morgan fingerprint density at radius 2 is 1.79 bits per heavy atom. The van der Waals surface area contributed by atoms with Gasteiger partial charge in [0, 0.05) is 37.6 Å². The van der Waals surface area contributed by atoms with Crippen molar-refractivity contribution in [3.05, 3.63) is 59.7 Å². The van der Waals surface area contributed by atoms with Gasteiger partial charge in [-0.3, -0.25) is 9.59 Å². The average molecular weight is 402 g/mol. The zero-order valence-corrected chi connectivity index (χ0v) is 17.9. The lowest BCUT2D eigenvalue weighted by Gasteiger charge is -2.29. The first-order valence-corrected chi connectivity index (χ1v) is 10.2. The first-order valence-electron chi connectivity index (χ1n) is 10.2. The van der Waals surface area contributed by atoms with E-state index in [9.17, 15) is 14.0 Å². The van der Waals surface area contributed by atoms with Crippen molar-refractivity contribution in [2.45, 2.75) is 40.2 Å². The molecule has 0 saturated carbocycles. The number of hydrogen-bond acceptors (Lipinski definition) is 2. The van der Waals surface area contributed by atoms with E-state index in [0.29, 0.717) is 25.2 Å². The highest BCUT2D eigenvalue weighted by molar-refractivity contribution is 5.96. The second-order valence-electron chi connectivity index (χ2n) is 7.87. The molecule has 2 aromatic rings. The lowest BCUT2D eigenvalue weighted by molar-refractivity contribution is -0.132. The Labute approximate surface area is 173 Å². The third kappa shape index (κ3) is 6.73. The number of rotatable bonds is 10. The second-order valence-corrected chi connectivity index (χ2v) is 7.87. The van der Waals surface area contributed by atoms with Crippen LogP contribution in [0.2, 0.25) is 0 Å². The molecule has 2 amide bonds. The number of unbranched alkanes of at least 4 members (excludes halogenated alkanes) is 1. The molecule has 0 N–H and O–H groups in total. The smallest absolute Gasteiger partial charge is 0.254 e. The maximum atomic E-state index is 13.2. The summed E-state index contributed by atoms with van der Waals surface area (Å²) in [5, 5.41) is 0. The van der Waals surface area contributed by atoms with Gasteiger partial charge in [-0.05, 0) is 48.7 Å². The molecule has 5 nitrogen and oxygen atoms in total. The number of halogens is 1. The standard InChI is InChI=1S/C23H32FN3O2/c1-5-6-14-26(16-21-8-7-13-25(21)4)22(28)17-27(15-18(2)3)23(29)19-9-11-20(24)12-10-19/h7-13,18H,5-6,14-17H2,1-4H3. The van der Waals surface area contributed by atoms with Gasteiger partial charge in [-0.15, -0.1) is 0 Å². The van der Waals surface area contributed by atoms with E-state index in [1.165, 1.54) is 24.3 Å². The summed E-state index contributed by atoms with van der Waals surface area (Å²) in [5.74, 6) is -0.498. The van der Waals surface area contributed by atoms with Crippen LogP contribution in [0.4, 0.5) is 4.39 Å². The lowest BCUT2D eigenvalue weighted by atomic mass is 10.1. The molecule has 158 valence electrons. The van der Waals surface area contributed by atoms with Crippen molar-refractivity contribution in [1.82, 2.24) is 14.4 Å². The van der Waals surface area contributed by atoms with Crippen molar-refractivity contribution in [3.8, 4) is 0 Å². The molecule has 0 saturated heterocycles. The molecule has 2 rings (SSSR count). The molecule has 0 spiro atoms. The monoisotopic (exact) mass is 401 g/mol. The van der Waals surface area contributed by atoms with Gasteiger partial charge in [-0.2, -0.15) is 0 Å². The lowest BCUT2D eigenvalue weighted by Crippen LogP contribution is -2.44. The number of nitrogens with zero attached hydrogens (tertiary/aromatic N) is 3. The Hall–Kier alpha value is -2.63. The number of carbonyl (C=O) groups is 2. The average Bonchev–Trinajstić information content (AvgIpc) is 3.08. The predicted molar refractivity (Wildman–Crippen MR) is 113 cm³/mol. The zero-order valence-electron chi connectivity index (χ0n) is 17.9. The zero-order chi connectivity index (χ0) is 21.4. The minimum atomic E-state index is -0.388. The van der Waals surface area contributed by atoms with Crippen LogP contribution in [0.15, 0.2) is 42.6 Å². The van der Waals surface area contributed by atoms with Crippen LogP contribution in [-0.4, -0.2) is 45.8 Å². The maximum absolute atomic E-state index is 13.2. The first-order chi connectivity index (χ1) is 13.8. The van der Waals surface area contributed by atoms with E-state index in [4.69, 9.17) is 0 Å². The van der Waals surface area contributed by atoms with Crippen LogP contribution < -0.4 is 0 Å². The molecule has 0 aliphatic rings. The van der Waals surface area contributed by atoms with Gasteiger partial charge in [-0.1, -0.05) is 27.2 Å². The fourth-order valence-electron chi connectivity index (χ4n) is 3.20. The topological polar surface area (TPSA) is 45.6 Å². The molecular formula is C23H32FN3O2. The largest absolute Gasteiger partial charge is 0.353 e. The summed E-state index contributed by atoms with van der Waals surface area (Å²) in [6, 6.07) is 9.43. The summed E-state index contributed by atoms with van der Waals surface area (Å²) in [7, 11) is 1.96. The maximum Gasteiger partial charge on any atom is 0.254 e.